The number of pyridine rings is 1. The number of anilines is 2. The topological polar surface area (TPSA) is 126 Å². The maximum atomic E-state index is 15.3. The first-order valence-corrected chi connectivity index (χ1v) is 12.5. The molecule has 2 aromatic heterocycles. The molecule has 0 saturated carbocycles. The van der Waals surface area contributed by atoms with Crippen molar-refractivity contribution in [1.82, 2.24) is 20.3 Å². The van der Waals surface area contributed by atoms with Crippen molar-refractivity contribution in [1.29, 1.82) is 0 Å². The lowest BCUT2D eigenvalue weighted by Gasteiger charge is -2.26. The maximum Gasteiger partial charge on any atom is 0.248 e. The lowest BCUT2D eigenvalue weighted by atomic mass is 10.0. The zero-order valence-corrected chi connectivity index (χ0v) is 21.8. The van der Waals surface area contributed by atoms with Crippen LogP contribution in [-0.4, -0.2) is 46.4 Å². The fourth-order valence-corrected chi connectivity index (χ4v) is 4.70. The van der Waals surface area contributed by atoms with Crippen molar-refractivity contribution in [2.45, 2.75) is 19.9 Å². The number of primary amides is 1. The summed E-state index contributed by atoms with van der Waals surface area (Å²) in [6.45, 7) is 4.59. The predicted octanol–water partition coefficient (Wildman–Crippen LogP) is 4.14. The molecule has 0 radical (unpaired) electrons. The normalized spacial score (nSPS) is 14.3. The minimum absolute atomic E-state index is 0.121. The van der Waals surface area contributed by atoms with Crippen LogP contribution in [0, 0.1) is 18.6 Å². The van der Waals surface area contributed by atoms with Crippen molar-refractivity contribution in [2.24, 2.45) is 5.73 Å². The molecule has 9 nitrogen and oxygen atoms in total. The quantitative estimate of drug-likeness (QED) is 0.329. The second-order valence-electron chi connectivity index (χ2n) is 9.25. The van der Waals surface area contributed by atoms with Crippen LogP contribution >= 0.6 is 11.6 Å². The Morgan fingerprint density at radius 2 is 1.92 bits per heavy atom. The van der Waals surface area contributed by atoms with Crippen molar-refractivity contribution in [3.63, 3.8) is 0 Å². The lowest BCUT2D eigenvalue weighted by molar-refractivity contribution is -0.120. The average Bonchev–Trinajstić information content (AvgIpc) is 2.91. The molecule has 4 N–H and O–H groups in total. The third-order valence-electron chi connectivity index (χ3n) is 6.56. The van der Waals surface area contributed by atoms with E-state index in [1.54, 1.807) is 24.8 Å². The zero-order chi connectivity index (χ0) is 27.8. The molecule has 4 aromatic rings. The fourth-order valence-electron chi connectivity index (χ4n) is 4.50. The van der Waals surface area contributed by atoms with Crippen molar-refractivity contribution in [3.8, 4) is 11.1 Å². The smallest absolute Gasteiger partial charge is 0.248 e. The third-order valence-corrected chi connectivity index (χ3v) is 7.02. The van der Waals surface area contributed by atoms with Gasteiger partial charge in [-0.1, -0.05) is 11.6 Å². The number of benzene rings is 2. The molecule has 2 aromatic carbocycles. The van der Waals surface area contributed by atoms with E-state index in [0.717, 1.165) is 0 Å². The Labute approximate surface area is 227 Å². The van der Waals surface area contributed by atoms with E-state index in [1.165, 1.54) is 36.7 Å². The van der Waals surface area contributed by atoms with E-state index in [1.807, 2.05) is 0 Å². The number of aryl methyl sites for hydroxylation is 1. The highest BCUT2D eigenvalue weighted by atomic mass is 35.5. The number of aromatic nitrogens is 3. The zero-order valence-electron chi connectivity index (χ0n) is 21.1. The molecule has 1 aliphatic rings. The van der Waals surface area contributed by atoms with Crippen molar-refractivity contribution < 1.29 is 18.4 Å². The highest BCUT2D eigenvalue weighted by Crippen LogP contribution is 2.38. The van der Waals surface area contributed by atoms with Crippen LogP contribution in [0.2, 0.25) is 5.02 Å². The number of fused-ring (bicyclic) bond motifs is 1. The number of nitrogens with one attached hydrogen (secondary N) is 2. The molecule has 0 aliphatic carbocycles. The molecule has 0 unspecified atom stereocenters. The molecule has 1 saturated heterocycles. The van der Waals surface area contributed by atoms with Crippen LogP contribution in [0.15, 0.2) is 42.7 Å². The Balaban J connectivity index is 1.54. The van der Waals surface area contributed by atoms with E-state index in [2.05, 4.69) is 25.6 Å². The summed E-state index contributed by atoms with van der Waals surface area (Å²) in [4.78, 5) is 38.2. The molecule has 5 rings (SSSR count). The highest BCUT2D eigenvalue weighted by molar-refractivity contribution is 6.35. The van der Waals surface area contributed by atoms with Gasteiger partial charge in [0.25, 0.3) is 0 Å². The lowest BCUT2D eigenvalue weighted by Crippen LogP contribution is -2.48. The molecule has 200 valence electrons. The minimum Gasteiger partial charge on any atom is -0.377 e. The molecule has 0 bridgehead atoms. The standard InChI is InChI=1S/C27H24ClF2N7O2/c1-13(17-7-15(26(31)39)3-4-20(17)29)36-25-19-8-18(21(30)9-22(19)35-14(2)24(25)28)16-10-33-27(34-11-16)37-6-5-32-23(38)12-37/h3-4,7-11,13H,5-6,12H2,1-2H3,(H2,31,39)(H,32,38)(H,35,36)/t13-/m1/s1. The van der Waals surface area contributed by atoms with Gasteiger partial charge in [0.2, 0.25) is 17.8 Å². The van der Waals surface area contributed by atoms with E-state index >= 15 is 4.39 Å². The molecule has 1 atom stereocenters. The molecular formula is C27H24ClF2N7O2. The maximum absolute atomic E-state index is 15.3. The number of hydrogen-bond acceptors (Lipinski definition) is 7. The van der Waals surface area contributed by atoms with E-state index < -0.39 is 23.6 Å². The van der Waals surface area contributed by atoms with Gasteiger partial charge in [0.15, 0.2) is 0 Å². The van der Waals surface area contributed by atoms with E-state index in [0.29, 0.717) is 46.9 Å². The van der Waals surface area contributed by atoms with Gasteiger partial charge >= 0.3 is 0 Å². The first-order valence-electron chi connectivity index (χ1n) is 12.1. The summed E-state index contributed by atoms with van der Waals surface area (Å²) in [7, 11) is 0. The summed E-state index contributed by atoms with van der Waals surface area (Å²) >= 11 is 6.63. The molecule has 2 amide bonds. The van der Waals surface area contributed by atoms with Crippen LogP contribution in [0.5, 0.6) is 0 Å². The summed E-state index contributed by atoms with van der Waals surface area (Å²) < 4.78 is 30.0. The van der Waals surface area contributed by atoms with Crippen LogP contribution in [0.25, 0.3) is 22.0 Å². The van der Waals surface area contributed by atoms with Crippen LogP contribution < -0.4 is 21.3 Å². The SMILES string of the molecule is Cc1nc2cc(F)c(-c3cnc(N4CCNC(=O)C4)nc3)cc2c(N[C@H](C)c2cc(C(N)=O)ccc2F)c1Cl. The van der Waals surface area contributed by atoms with Crippen LogP contribution in [0.3, 0.4) is 0 Å². The monoisotopic (exact) mass is 551 g/mol. The minimum atomic E-state index is -0.677. The number of carbonyl (C=O) groups is 2. The number of nitrogens with two attached hydrogens (primary N) is 1. The molecular weight excluding hydrogens is 528 g/mol. The van der Waals surface area contributed by atoms with Gasteiger partial charge in [-0.2, -0.15) is 0 Å². The molecule has 39 heavy (non-hydrogen) atoms. The number of rotatable bonds is 6. The van der Waals surface area contributed by atoms with Crippen molar-refractivity contribution in [3.05, 3.63) is 76.2 Å². The average molecular weight is 552 g/mol. The largest absolute Gasteiger partial charge is 0.377 e. The summed E-state index contributed by atoms with van der Waals surface area (Å²) in [5.74, 6) is -1.49. The summed E-state index contributed by atoms with van der Waals surface area (Å²) in [6.07, 6.45) is 2.98. The number of halogens is 3. The number of amides is 2. The van der Waals surface area contributed by atoms with Gasteiger partial charge in [-0.25, -0.2) is 18.7 Å². The second kappa shape index (κ2) is 10.4. The van der Waals surface area contributed by atoms with Gasteiger partial charge in [0, 0.05) is 59.2 Å². The summed E-state index contributed by atoms with van der Waals surface area (Å²) in [6, 6.07) is 6.12. The third kappa shape index (κ3) is 5.17. The van der Waals surface area contributed by atoms with Crippen LogP contribution in [-0.2, 0) is 4.79 Å². The van der Waals surface area contributed by atoms with Gasteiger partial charge in [0.05, 0.1) is 34.5 Å². The highest BCUT2D eigenvalue weighted by Gasteiger charge is 2.21. The van der Waals surface area contributed by atoms with Crippen LogP contribution in [0.1, 0.15) is 34.6 Å². The molecule has 1 fully saturated rings. The van der Waals surface area contributed by atoms with Gasteiger partial charge in [0.1, 0.15) is 11.6 Å². The van der Waals surface area contributed by atoms with E-state index in [4.69, 9.17) is 17.3 Å². The van der Waals surface area contributed by atoms with E-state index in [9.17, 15) is 14.0 Å². The first-order chi connectivity index (χ1) is 18.6. The Kier molecular flexibility index (Phi) is 7.00. The van der Waals surface area contributed by atoms with Gasteiger partial charge in [-0.05, 0) is 38.1 Å². The molecule has 12 heteroatoms. The van der Waals surface area contributed by atoms with Gasteiger partial charge in [-0.3, -0.25) is 14.6 Å². The molecule has 1 aliphatic heterocycles. The molecule has 0 spiro atoms. The van der Waals surface area contributed by atoms with E-state index in [-0.39, 0.29) is 34.2 Å². The Hall–Kier alpha value is -4.38. The number of piperazine rings is 1. The summed E-state index contributed by atoms with van der Waals surface area (Å²) in [5.41, 5.74) is 7.60. The van der Waals surface area contributed by atoms with Crippen molar-refractivity contribution in [2.75, 3.05) is 29.9 Å². The van der Waals surface area contributed by atoms with Crippen LogP contribution in [0.4, 0.5) is 20.4 Å². The Bertz CT molecular complexity index is 1610. The number of nitrogens with zero attached hydrogens (tertiary/aromatic N) is 4. The Morgan fingerprint density at radius 1 is 1.18 bits per heavy atom. The number of carbonyl (C=O) groups excluding carboxylic acids is 2. The molecule has 3 heterocycles. The second-order valence-corrected chi connectivity index (χ2v) is 9.62. The summed E-state index contributed by atoms with van der Waals surface area (Å²) in [5, 5.41) is 6.73. The van der Waals surface area contributed by atoms with Gasteiger partial charge < -0.3 is 21.3 Å². The fraction of sp³-hybridized carbons (Fsp3) is 0.222. The van der Waals surface area contributed by atoms with Crippen molar-refractivity contribution >= 4 is 46.0 Å². The predicted molar refractivity (Wildman–Crippen MR) is 145 cm³/mol. The Morgan fingerprint density at radius 3 is 2.62 bits per heavy atom. The van der Waals surface area contributed by atoms with Gasteiger partial charge in [-0.15, -0.1) is 0 Å². The number of hydrogen-bond donors (Lipinski definition) is 3. The first kappa shape index (κ1) is 26.2.